The lowest BCUT2D eigenvalue weighted by atomic mass is 9.82. The van der Waals surface area contributed by atoms with Crippen LogP contribution >= 0.6 is 0 Å². The maximum atomic E-state index is 2.44. The van der Waals surface area contributed by atoms with Crippen molar-refractivity contribution in [3.63, 3.8) is 0 Å². The first-order valence-electron chi connectivity index (χ1n) is 6.97. The molecule has 0 aliphatic heterocycles. The second-order valence-corrected chi connectivity index (χ2v) is 6.09. The van der Waals surface area contributed by atoms with Crippen LogP contribution in [0, 0.1) is 23.7 Å². The first kappa shape index (κ1) is 15.0. The van der Waals surface area contributed by atoms with Gasteiger partial charge in [-0.3, -0.25) is 0 Å². The van der Waals surface area contributed by atoms with E-state index in [1.807, 2.05) is 0 Å². The minimum Gasteiger partial charge on any atom is -0.0651 e. The molecule has 0 heteroatoms. The Bertz CT molecular complexity index is 123. The molecule has 0 N–H and O–H groups in total. The maximum absolute atomic E-state index is 2.44. The summed E-state index contributed by atoms with van der Waals surface area (Å²) in [4.78, 5) is 0. The van der Waals surface area contributed by atoms with E-state index in [-0.39, 0.29) is 0 Å². The van der Waals surface area contributed by atoms with Gasteiger partial charge in [-0.1, -0.05) is 60.8 Å². The molecule has 0 aromatic rings. The van der Waals surface area contributed by atoms with Gasteiger partial charge in [0.25, 0.3) is 0 Å². The van der Waals surface area contributed by atoms with Gasteiger partial charge < -0.3 is 0 Å². The zero-order chi connectivity index (χ0) is 11.8. The van der Waals surface area contributed by atoms with Gasteiger partial charge in [-0.2, -0.15) is 0 Å². The van der Waals surface area contributed by atoms with E-state index in [4.69, 9.17) is 0 Å². The third-order valence-electron chi connectivity index (χ3n) is 3.68. The lowest BCUT2D eigenvalue weighted by Crippen LogP contribution is -2.13. The first-order valence-corrected chi connectivity index (χ1v) is 6.97. The molecule has 0 aromatic heterocycles. The third kappa shape index (κ3) is 7.88. The number of rotatable bonds is 8. The minimum atomic E-state index is 0.871. The fraction of sp³-hybridized carbons (Fsp3) is 1.00. The molecule has 0 saturated heterocycles. The van der Waals surface area contributed by atoms with Crippen LogP contribution in [0.3, 0.4) is 0 Å². The average molecular weight is 212 g/mol. The summed E-state index contributed by atoms with van der Waals surface area (Å²) < 4.78 is 0. The molecule has 0 rings (SSSR count). The Morgan fingerprint density at radius 1 is 0.667 bits per heavy atom. The Hall–Kier alpha value is 0. The molecule has 0 aliphatic carbocycles. The van der Waals surface area contributed by atoms with Gasteiger partial charge in [0.1, 0.15) is 0 Å². The Balaban J connectivity index is 3.95. The quantitative estimate of drug-likeness (QED) is 0.497. The fourth-order valence-corrected chi connectivity index (χ4v) is 2.14. The van der Waals surface area contributed by atoms with Crippen molar-refractivity contribution in [3.05, 3.63) is 0 Å². The lowest BCUT2D eigenvalue weighted by molar-refractivity contribution is 0.271. The topological polar surface area (TPSA) is 0 Å². The average Bonchev–Trinajstić information content (AvgIpc) is 2.16. The van der Waals surface area contributed by atoms with Crippen molar-refractivity contribution in [2.75, 3.05) is 0 Å². The van der Waals surface area contributed by atoms with Crippen molar-refractivity contribution in [1.82, 2.24) is 0 Å². The zero-order valence-corrected chi connectivity index (χ0v) is 11.8. The predicted octanol–water partition coefficient (Wildman–Crippen LogP) is 5.52. The van der Waals surface area contributed by atoms with Gasteiger partial charge in [-0.15, -0.1) is 0 Å². The van der Waals surface area contributed by atoms with Crippen LogP contribution in [-0.2, 0) is 0 Å². The molecule has 0 amide bonds. The van der Waals surface area contributed by atoms with Crippen LogP contribution in [0.4, 0.5) is 0 Å². The largest absolute Gasteiger partial charge is 0.0651 e. The van der Waals surface area contributed by atoms with Crippen molar-refractivity contribution >= 4 is 0 Å². The second kappa shape index (κ2) is 8.19. The van der Waals surface area contributed by atoms with E-state index in [0.717, 1.165) is 23.7 Å². The lowest BCUT2D eigenvalue weighted by Gasteiger charge is -2.24. The molecular formula is C15H32. The van der Waals surface area contributed by atoms with Crippen molar-refractivity contribution in [2.45, 2.75) is 73.6 Å². The van der Waals surface area contributed by atoms with Gasteiger partial charge in [0.05, 0.1) is 0 Å². The Labute approximate surface area is 97.8 Å². The van der Waals surface area contributed by atoms with E-state index >= 15 is 0 Å². The van der Waals surface area contributed by atoms with Crippen LogP contribution in [0.1, 0.15) is 73.6 Å². The Kier molecular flexibility index (Phi) is 8.19. The Morgan fingerprint density at radius 3 is 1.33 bits per heavy atom. The van der Waals surface area contributed by atoms with Gasteiger partial charge in [-0.05, 0) is 36.5 Å². The summed E-state index contributed by atoms with van der Waals surface area (Å²) in [5.74, 6) is 3.63. The molecule has 0 spiro atoms. The van der Waals surface area contributed by atoms with Crippen LogP contribution in [0.2, 0.25) is 0 Å². The van der Waals surface area contributed by atoms with Gasteiger partial charge in [0.2, 0.25) is 0 Å². The molecule has 0 aliphatic rings. The van der Waals surface area contributed by atoms with Crippen LogP contribution in [0.5, 0.6) is 0 Å². The predicted molar refractivity (Wildman–Crippen MR) is 71.1 cm³/mol. The summed E-state index contributed by atoms with van der Waals surface area (Å²) in [5.41, 5.74) is 0. The highest BCUT2D eigenvalue weighted by Gasteiger charge is 2.16. The maximum Gasteiger partial charge on any atom is -0.0388 e. The second-order valence-electron chi connectivity index (χ2n) is 6.09. The van der Waals surface area contributed by atoms with E-state index < -0.39 is 0 Å². The molecular weight excluding hydrogens is 180 g/mol. The molecule has 0 fully saturated rings. The SMILES string of the molecule is CCC(C)C(CCC(C)C)CCC(C)C. The van der Waals surface area contributed by atoms with Gasteiger partial charge in [-0.25, -0.2) is 0 Å². The van der Waals surface area contributed by atoms with Crippen molar-refractivity contribution in [1.29, 1.82) is 0 Å². The smallest absolute Gasteiger partial charge is 0.0388 e. The zero-order valence-electron chi connectivity index (χ0n) is 11.8. The van der Waals surface area contributed by atoms with Gasteiger partial charge in [0.15, 0.2) is 0 Å². The third-order valence-corrected chi connectivity index (χ3v) is 3.68. The molecule has 0 aromatic carbocycles. The summed E-state index contributed by atoms with van der Waals surface area (Å²) in [6.45, 7) is 14.1. The fourth-order valence-electron chi connectivity index (χ4n) is 2.14. The monoisotopic (exact) mass is 212 g/mol. The van der Waals surface area contributed by atoms with E-state index in [9.17, 15) is 0 Å². The Morgan fingerprint density at radius 2 is 1.07 bits per heavy atom. The van der Waals surface area contributed by atoms with Crippen molar-refractivity contribution in [3.8, 4) is 0 Å². The van der Waals surface area contributed by atoms with E-state index in [0.29, 0.717) is 0 Å². The van der Waals surface area contributed by atoms with Crippen LogP contribution in [-0.4, -0.2) is 0 Å². The minimum absolute atomic E-state index is 0.871. The molecule has 15 heavy (non-hydrogen) atoms. The molecule has 1 atom stereocenters. The number of hydrogen-bond donors (Lipinski definition) is 0. The highest BCUT2D eigenvalue weighted by atomic mass is 14.2. The summed E-state index contributed by atoms with van der Waals surface area (Å²) in [6, 6.07) is 0. The molecule has 0 bridgehead atoms. The summed E-state index contributed by atoms with van der Waals surface area (Å²) in [5, 5.41) is 0. The first-order chi connectivity index (χ1) is 6.97. The van der Waals surface area contributed by atoms with Gasteiger partial charge in [0, 0.05) is 0 Å². The van der Waals surface area contributed by atoms with E-state index in [1.165, 1.54) is 32.1 Å². The summed E-state index contributed by atoms with van der Waals surface area (Å²) in [7, 11) is 0. The van der Waals surface area contributed by atoms with Crippen molar-refractivity contribution < 1.29 is 0 Å². The van der Waals surface area contributed by atoms with Crippen LogP contribution < -0.4 is 0 Å². The number of hydrogen-bond acceptors (Lipinski definition) is 0. The molecule has 0 nitrogen and oxygen atoms in total. The standard InChI is InChI=1S/C15H32/c1-7-14(6)15(10-8-12(2)3)11-9-13(4)5/h12-15H,7-11H2,1-6H3. The van der Waals surface area contributed by atoms with Crippen LogP contribution in [0.25, 0.3) is 0 Å². The molecule has 1 unspecified atom stereocenters. The van der Waals surface area contributed by atoms with E-state index in [2.05, 4.69) is 41.5 Å². The summed E-state index contributed by atoms with van der Waals surface area (Å²) >= 11 is 0. The van der Waals surface area contributed by atoms with Gasteiger partial charge >= 0.3 is 0 Å². The summed E-state index contributed by atoms with van der Waals surface area (Å²) in [6.07, 6.45) is 7.06. The van der Waals surface area contributed by atoms with Crippen molar-refractivity contribution in [2.24, 2.45) is 23.7 Å². The highest BCUT2D eigenvalue weighted by molar-refractivity contribution is 4.67. The van der Waals surface area contributed by atoms with Crippen LogP contribution in [0.15, 0.2) is 0 Å². The van der Waals surface area contributed by atoms with E-state index in [1.54, 1.807) is 0 Å². The molecule has 0 radical (unpaired) electrons. The normalized spacial score (nSPS) is 14.2. The molecule has 0 saturated carbocycles. The molecule has 0 heterocycles. The molecule has 92 valence electrons. The highest BCUT2D eigenvalue weighted by Crippen LogP contribution is 2.28.